The van der Waals surface area contributed by atoms with Gasteiger partial charge in [-0.25, -0.2) is 0 Å². The van der Waals surface area contributed by atoms with Crippen LogP contribution in [0.2, 0.25) is 5.02 Å². The van der Waals surface area contributed by atoms with Crippen LogP contribution in [0.3, 0.4) is 0 Å². The lowest BCUT2D eigenvalue weighted by Crippen LogP contribution is -1.96. The predicted molar refractivity (Wildman–Crippen MR) is 71.1 cm³/mol. The molecule has 0 aliphatic carbocycles. The standard InChI is InChI=1S/C12H14ClN3O2/c1-5-8(7-4-15-16-12(7)14)10(17)11(18-3)6(2)9(5)13/h4,17H,1-3H3,(H3,14,15,16). The molecule has 18 heavy (non-hydrogen) atoms. The van der Waals surface area contributed by atoms with Crippen molar-refractivity contribution in [2.45, 2.75) is 13.8 Å². The van der Waals surface area contributed by atoms with E-state index in [1.807, 2.05) is 6.92 Å². The second-order valence-electron chi connectivity index (χ2n) is 4.02. The van der Waals surface area contributed by atoms with E-state index in [9.17, 15) is 5.11 Å². The number of rotatable bonds is 2. The Morgan fingerprint density at radius 2 is 2.06 bits per heavy atom. The molecule has 0 saturated carbocycles. The quantitative estimate of drug-likeness (QED) is 0.781. The summed E-state index contributed by atoms with van der Waals surface area (Å²) in [7, 11) is 1.48. The molecule has 2 rings (SSSR count). The van der Waals surface area contributed by atoms with Crippen LogP contribution >= 0.6 is 11.6 Å². The average molecular weight is 268 g/mol. The number of H-pyrrole nitrogens is 1. The fourth-order valence-electron chi connectivity index (χ4n) is 2.03. The van der Waals surface area contributed by atoms with Crippen LogP contribution in [-0.4, -0.2) is 22.4 Å². The summed E-state index contributed by atoms with van der Waals surface area (Å²) in [4.78, 5) is 0. The molecule has 1 aromatic carbocycles. The number of halogens is 1. The first-order valence-electron chi connectivity index (χ1n) is 5.33. The summed E-state index contributed by atoms with van der Waals surface area (Å²) in [5, 5.41) is 17.3. The molecule has 0 bridgehead atoms. The Balaban J connectivity index is 2.83. The Morgan fingerprint density at radius 3 is 2.56 bits per heavy atom. The Morgan fingerprint density at radius 1 is 1.39 bits per heavy atom. The van der Waals surface area contributed by atoms with Gasteiger partial charge in [0.1, 0.15) is 5.82 Å². The molecule has 5 nitrogen and oxygen atoms in total. The van der Waals surface area contributed by atoms with Crippen LogP contribution < -0.4 is 10.5 Å². The first-order valence-corrected chi connectivity index (χ1v) is 5.71. The highest BCUT2D eigenvalue weighted by Crippen LogP contribution is 2.46. The molecule has 6 heteroatoms. The molecule has 1 heterocycles. The van der Waals surface area contributed by atoms with Crippen LogP contribution in [0.5, 0.6) is 11.5 Å². The van der Waals surface area contributed by atoms with Gasteiger partial charge in [-0.1, -0.05) is 11.6 Å². The molecule has 0 saturated heterocycles. The average Bonchev–Trinajstić information content (AvgIpc) is 2.74. The van der Waals surface area contributed by atoms with Crippen LogP contribution in [0.4, 0.5) is 5.82 Å². The van der Waals surface area contributed by atoms with E-state index in [0.717, 1.165) is 5.56 Å². The Kier molecular flexibility index (Phi) is 3.09. The minimum absolute atomic E-state index is 0.0185. The van der Waals surface area contributed by atoms with Gasteiger partial charge in [0.15, 0.2) is 11.5 Å². The Labute approximate surface area is 110 Å². The number of methoxy groups -OCH3 is 1. The van der Waals surface area contributed by atoms with Crippen molar-refractivity contribution in [3.63, 3.8) is 0 Å². The number of phenols is 1. The second kappa shape index (κ2) is 4.42. The number of nitrogens with two attached hydrogens (primary N) is 1. The van der Waals surface area contributed by atoms with Gasteiger partial charge in [-0.15, -0.1) is 0 Å². The number of aromatic amines is 1. The van der Waals surface area contributed by atoms with E-state index < -0.39 is 0 Å². The van der Waals surface area contributed by atoms with Gasteiger partial charge in [-0.05, 0) is 19.4 Å². The SMILES string of the molecule is COc1c(C)c(Cl)c(C)c(-c2cn[nH]c2N)c1O. The topological polar surface area (TPSA) is 84.2 Å². The van der Waals surface area contributed by atoms with E-state index in [1.54, 1.807) is 13.1 Å². The summed E-state index contributed by atoms with van der Waals surface area (Å²) in [6.45, 7) is 3.60. The molecule has 1 aromatic heterocycles. The lowest BCUT2D eigenvalue weighted by molar-refractivity contribution is 0.371. The highest BCUT2D eigenvalue weighted by atomic mass is 35.5. The minimum Gasteiger partial charge on any atom is -0.504 e. The van der Waals surface area contributed by atoms with Crippen LogP contribution in [0.25, 0.3) is 11.1 Å². The molecule has 96 valence electrons. The molecular formula is C12H14ClN3O2. The third kappa shape index (κ3) is 1.67. The van der Waals surface area contributed by atoms with Crippen molar-refractivity contribution in [3.8, 4) is 22.6 Å². The van der Waals surface area contributed by atoms with Crippen LogP contribution in [-0.2, 0) is 0 Å². The molecule has 0 aliphatic heterocycles. The largest absolute Gasteiger partial charge is 0.504 e. The van der Waals surface area contributed by atoms with Crippen molar-refractivity contribution >= 4 is 17.4 Å². The zero-order valence-electron chi connectivity index (χ0n) is 10.3. The highest BCUT2D eigenvalue weighted by Gasteiger charge is 2.22. The zero-order valence-corrected chi connectivity index (χ0v) is 11.1. The molecule has 2 aromatic rings. The van der Waals surface area contributed by atoms with E-state index in [-0.39, 0.29) is 5.75 Å². The maximum Gasteiger partial charge on any atom is 0.166 e. The third-order valence-electron chi connectivity index (χ3n) is 2.97. The Bertz CT molecular complexity index is 608. The number of aromatic hydroxyl groups is 1. The van der Waals surface area contributed by atoms with Gasteiger partial charge in [-0.2, -0.15) is 5.10 Å². The summed E-state index contributed by atoms with van der Waals surface area (Å²) < 4.78 is 5.18. The minimum atomic E-state index is 0.0185. The van der Waals surface area contributed by atoms with Crippen molar-refractivity contribution in [2.24, 2.45) is 0 Å². The van der Waals surface area contributed by atoms with Gasteiger partial charge >= 0.3 is 0 Å². The fourth-order valence-corrected chi connectivity index (χ4v) is 2.21. The zero-order chi connectivity index (χ0) is 13.4. The number of nitrogen functional groups attached to an aromatic ring is 1. The van der Waals surface area contributed by atoms with E-state index in [0.29, 0.717) is 33.3 Å². The third-order valence-corrected chi connectivity index (χ3v) is 3.54. The molecular weight excluding hydrogens is 254 g/mol. The van der Waals surface area contributed by atoms with E-state index in [1.165, 1.54) is 7.11 Å². The maximum absolute atomic E-state index is 10.3. The van der Waals surface area contributed by atoms with Crippen molar-refractivity contribution < 1.29 is 9.84 Å². The number of hydrogen-bond acceptors (Lipinski definition) is 4. The highest BCUT2D eigenvalue weighted by molar-refractivity contribution is 6.33. The molecule has 0 aliphatic rings. The summed E-state index contributed by atoms with van der Waals surface area (Å²) in [5.74, 6) is 0.738. The lowest BCUT2D eigenvalue weighted by atomic mass is 9.98. The Hall–Kier alpha value is -1.88. The van der Waals surface area contributed by atoms with Crippen molar-refractivity contribution in [1.82, 2.24) is 10.2 Å². The lowest BCUT2D eigenvalue weighted by Gasteiger charge is -2.16. The van der Waals surface area contributed by atoms with Gasteiger partial charge in [-0.3, -0.25) is 5.10 Å². The van der Waals surface area contributed by atoms with Crippen molar-refractivity contribution in [1.29, 1.82) is 0 Å². The van der Waals surface area contributed by atoms with Crippen LogP contribution in [0.15, 0.2) is 6.20 Å². The summed E-state index contributed by atoms with van der Waals surface area (Å²) in [6.07, 6.45) is 1.54. The fraction of sp³-hybridized carbons (Fsp3) is 0.250. The number of aromatic nitrogens is 2. The molecule has 0 fully saturated rings. The van der Waals surface area contributed by atoms with Gasteiger partial charge < -0.3 is 15.6 Å². The normalized spacial score (nSPS) is 10.7. The molecule has 0 unspecified atom stereocenters. The molecule has 0 amide bonds. The van der Waals surface area contributed by atoms with Crippen molar-refractivity contribution in [2.75, 3.05) is 12.8 Å². The second-order valence-corrected chi connectivity index (χ2v) is 4.40. The summed E-state index contributed by atoms with van der Waals surface area (Å²) >= 11 is 6.25. The van der Waals surface area contributed by atoms with Crippen LogP contribution in [0, 0.1) is 13.8 Å². The van der Waals surface area contributed by atoms with Crippen molar-refractivity contribution in [3.05, 3.63) is 22.3 Å². The predicted octanol–water partition coefficient (Wildman–Crippen LogP) is 2.64. The number of phenolic OH excluding ortho intramolecular Hbond substituents is 1. The van der Waals surface area contributed by atoms with Gasteiger partial charge in [0.05, 0.1) is 18.3 Å². The molecule has 0 radical (unpaired) electrons. The number of anilines is 1. The smallest absolute Gasteiger partial charge is 0.166 e. The molecule has 0 atom stereocenters. The van der Waals surface area contributed by atoms with Crippen LogP contribution in [0.1, 0.15) is 11.1 Å². The van der Waals surface area contributed by atoms with Gasteiger partial charge in [0, 0.05) is 16.7 Å². The molecule has 4 N–H and O–H groups in total. The van der Waals surface area contributed by atoms with E-state index >= 15 is 0 Å². The molecule has 0 spiro atoms. The summed E-state index contributed by atoms with van der Waals surface area (Å²) in [6, 6.07) is 0. The number of benzene rings is 1. The first kappa shape index (κ1) is 12.6. The van der Waals surface area contributed by atoms with Gasteiger partial charge in [0.2, 0.25) is 0 Å². The maximum atomic E-state index is 10.3. The number of ether oxygens (including phenoxy) is 1. The summed E-state index contributed by atoms with van der Waals surface area (Å²) in [5.41, 5.74) is 8.35. The first-order chi connectivity index (χ1) is 8.49. The number of hydrogen-bond donors (Lipinski definition) is 3. The monoisotopic (exact) mass is 267 g/mol. The van der Waals surface area contributed by atoms with Gasteiger partial charge in [0.25, 0.3) is 0 Å². The number of nitrogens with zero attached hydrogens (tertiary/aromatic N) is 1. The number of nitrogens with one attached hydrogen (secondary N) is 1. The van der Waals surface area contributed by atoms with E-state index in [4.69, 9.17) is 22.1 Å². The van der Waals surface area contributed by atoms with E-state index in [2.05, 4.69) is 10.2 Å².